The number of likely N-dealkylation sites (tertiary alicyclic amines) is 2. The standard InChI is InChI=1S/C24H28FN3O5S/c1-34(31,32)19-7-8-21(20(25)15-19)26-22-11-14-28(23(22)29)18-9-12-27(13-10-18)24(30)33-16-17-5-3-2-4-6-17/h2-8,15,18,22,26H,9-14,16H2,1H3. The van der Waals surface area contributed by atoms with Crippen LogP contribution in [-0.2, 0) is 26.0 Å². The summed E-state index contributed by atoms with van der Waals surface area (Å²) in [6, 6.07) is 12.5. The summed E-state index contributed by atoms with van der Waals surface area (Å²) in [5, 5.41) is 2.92. The maximum atomic E-state index is 14.4. The minimum absolute atomic E-state index is 0.00920. The Labute approximate surface area is 198 Å². The number of hydrogen-bond acceptors (Lipinski definition) is 6. The number of rotatable bonds is 6. The molecule has 0 bridgehead atoms. The molecule has 0 radical (unpaired) electrons. The molecule has 34 heavy (non-hydrogen) atoms. The first-order chi connectivity index (χ1) is 16.2. The molecule has 2 saturated heterocycles. The van der Waals surface area contributed by atoms with Crippen molar-refractivity contribution in [3.05, 3.63) is 59.9 Å². The number of nitrogens with one attached hydrogen (secondary N) is 1. The maximum Gasteiger partial charge on any atom is 0.410 e. The molecule has 0 spiro atoms. The molecule has 2 amide bonds. The topological polar surface area (TPSA) is 96.0 Å². The van der Waals surface area contributed by atoms with Gasteiger partial charge in [-0.05, 0) is 43.0 Å². The summed E-state index contributed by atoms with van der Waals surface area (Å²) in [6.45, 7) is 1.77. The Morgan fingerprint density at radius 2 is 1.79 bits per heavy atom. The largest absolute Gasteiger partial charge is 0.445 e. The second kappa shape index (κ2) is 10.0. The number of piperidine rings is 1. The third-order valence-corrected chi connectivity index (χ3v) is 7.42. The molecule has 182 valence electrons. The third-order valence-electron chi connectivity index (χ3n) is 6.31. The Bertz CT molecular complexity index is 1150. The van der Waals surface area contributed by atoms with E-state index in [0.29, 0.717) is 38.9 Å². The number of ether oxygens (including phenoxy) is 1. The Hall–Kier alpha value is -3.14. The number of nitrogens with zero attached hydrogens (tertiary/aromatic N) is 2. The molecule has 1 N–H and O–H groups in total. The molecule has 2 aliphatic heterocycles. The van der Waals surface area contributed by atoms with Crippen LogP contribution >= 0.6 is 0 Å². The maximum absolute atomic E-state index is 14.4. The van der Waals surface area contributed by atoms with Crippen LogP contribution < -0.4 is 5.32 Å². The van der Waals surface area contributed by atoms with Gasteiger partial charge in [-0.2, -0.15) is 0 Å². The zero-order valence-corrected chi connectivity index (χ0v) is 19.8. The lowest BCUT2D eigenvalue weighted by atomic mass is 10.0. The Kier molecular flexibility index (Phi) is 7.06. The quantitative estimate of drug-likeness (QED) is 0.670. The van der Waals surface area contributed by atoms with Gasteiger partial charge < -0.3 is 19.9 Å². The molecule has 2 heterocycles. The van der Waals surface area contributed by atoms with Crippen LogP contribution in [0, 0.1) is 5.82 Å². The molecule has 2 aliphatic rings. The van der Waals surface area contributed by atoms with Gasteiger partial charge in [-0.15, -0.1) is 0 Å². The lowest BCUT2D eigenvalue weighted by Crippen LogP contribution is -2.48. The van der Waals surface area contributed by atoms with Crippen LogP contribution in [0.15, 0.2) is 53.4 Å². The monoisotopic (exact) mass is 489 g/mol. The van der Waals surface area contributed by atoms with E-state index >= 15 is 0 Å². The molecular weight excluding hydrogens is 461 g/mol. The molecule has 0 aliphatic carbocycles. The number of anilines is 1. The fraction of sp³-hybridized carbons (Fsp3) is 0.417. The van der Waals surface area contributed by atoms with E-state index in [2.05, 4.69) is 5.32 Å². The van der Waals surface area contributed by atoms with Crippen molar-refractivity contribution in [2.75, 3.05) is 31.2 Å². The van der Waals surface area contributed by atoms with Crippen molar-refractivity contribution in [3.63, 3.8) is 0 Å². The van der Waals surface area contributed by atoms with Crippen molar-refractivity contribution in [1.82, 2.24) is 9.80 Å². The highest BCUT2D eigenvalue weighted by molar-refractivity contribution is 7.90. The minimum Gasteiger partial charge on any atom is -0.445 e. The predicted octanol–water partition coefficient (Wildman–Crippen LogP) is 3.04. The van der Waals surface area contributed by atoms with Crippen LogP contribution in [0.3, 0.4) is 0 Å². The van der Waals surface area contributed by atoms with Gasteiger partial charge in [0.2, 0.25) is 5.91 Å². The highest BCUT2D eigenvalue weighted by Crippen LogP contribution is 2.26. The van der Waals surface area contributed by atoms with Gasteiger partial charge in [0.25, 0.3) is 0 Å². The Balaban J connectivity index is 1.28. The summed E-state index contributed by atoms with van der Waals surface area (Å²) in [7, 11) is -3.51. The van der Waals surface area contributed by atoms with Crippen molar-refractivity contribution in [3.8, 4) is 0 Å². The summed E-state index contributed by atoms with van der Waals surface area (Å²) in [6.07, 6.45) is 2.47. The lowest BCUT2D eigenvalue weighted by Gasteiger charge is -2.36. The van der Waals surface area contributed by atoms with Crippen LogP contribution in [0.1, 0.15) is 24.8 Å². The summed E-state index contributed by atoms with van der Waals surface area (Å²) in [5.74, 6) is -0.826. The molecule has 2 aromatic rings. The van der Waals surface area contributed by atoms with E-state index in [1.54, 1.807) is 9.80 Å². The molecule has 2 aromatic carbocycles. The SMILES string of the molecule is CS(=O)(=O)c1ccc(NC2CCN(C3CCN(C(=O)OCc4ccccc4)CC3)C2=O)c(F)c1. The highest BCUT2D eigenvalue weighted by atomic mass is 32.2. The first kappa shape index (κ1) is 24.0. The van der Waals surface area contributed by atoms with Crippen molar-refractivity contribution in [2.45, 2.75) is 42.8 Å². The number of carbonyl (C=O) groups is 2. The summed E-state index contributed by atoms with van der Waals surface area (Å²) >= 11 is 0. The molecule has 2 fully saturated rings. The smallest absolute Gasteiger partial charge is 0.410 e. The summed E-state index contributed by atoms with van der Waals surface area (Å²) in [5.41, 5.74) is 1.03. The first-order valence-electron chi connectivity index (χ1n) is 11.2. The molecule has 1 unspecified atom stereocenters. The van der Waals surface area contributed by atoms with Crippen molar-refractivity contribution >= 4 is 27.5 Å². The van der Waals surface area contributed by atoms with E-state index in [0.717, 1.165) is 17.9 Å². The van der Waals surface area contributed by atoms with Crippen LogP contribution in [0.25, 0.3) is 0 Å². The van der Waals surface area contributed by atoms with Crippen LogP contribution in [0.4, 0.5) is 14.9 Å². The number of amides is 2. The normalized spacial score (nSPS) is 19.4. The molecule has 1 atom stereocenters. The zero-order valence-electron chi connectivity index (χ0n) is 18.9. The van der Waals surface area contributed by atoms with E-state index in [9.17, 15) is 22.4 Å². The summed E-state index contributed by atoms with van der Waals surface area (Å²) in [4.78, 5) is 28.7. The van der Waals surface area contributed by atoms with Crippen LogP contribution in [0.5, 0.6) is 0 Å². The first-order valence-corrected chi connectivity index (χ1v) is 13.1. The van der Waals surface area contributed by atoms with Gasteiger partial charge >= 0.3 is 6.09 Å². The van der Waals surface area contributed by atoms with Gasteiger partial charge in [-0.25, -0.2) is 17.6 Å². The second-order valence-electron chi connectivity index (χ2n) is 8.69. The van der Waals surface area contributed by atoms with E-state index in [1.165, 1.54) is 12.1 Å². The van der Waals surface area contributed by atoms with Crippen molar-refractivity contribution < 1.29 is 27.1 Å². The van der Waals surface area contributed by atoms with Gasteiger partial charge in [-0.3, -0.25) is 4.79 Å². The third kappa shape index (κ3) is 5.49. The van der Waals surface area contributed by atoms with Gasteiger partial charge in [0.15, 0.2) is 9.84 Å². The van der Waals surface area contributed by atoms with Gasteiger partial charge in [0.05, 0.1) is 10.6 Å². The van der Waals surface area contributed by atoms with E-state index in [1.807, 2.05) is 30.3 Å². The fourth-order valence-corrected chi connectivity index (χ4v) is 5.03. The van der Waals surface area contributed by atoms with Crippen molar-refractivity contribution in [2.24, 2.45) is 0 Å². The van der Waals surface area contributed by atoms with E-state index < -0.39 is 21.7 Å². The Morgan fingerprint density at radius 1 is 1.09 bits per heavy atom. The molecule has 4 rings (SSSR count). The second-order valence-corrected chi connectivity index (χ2v) is 10.7. The summed E-state index contributed by atoms with van der Waals surface area (Å²) < 4.78 is 43.0. The number of hydrogen-bond donors (Lipinski definition) is 1. The molecule has 0 aromatic heterocycles. The number of halogens is 1. The van der Waals surface area contributed by atoms with E-state index in [-0.39, 0.29) is 35.2 Å². The van der Waals surface area contributed by atoms with Crippen molar-refractivity contribution in [1.29, 1.82) is 0 Å². The zero-order chi connectivity index (χ0) is 24.3. The molecular formula is C24H28FN3O5S. The molecule has 8 nitrogen and oxygen atoms in total. The number of carbonyl (C=O) groups excluding carboxylic acids is 2. The van der Waals surface area contributed by atoms with Gasteiger partial charge in [-0.1, -0.05) is 30.3 Å². The average Bonchev–Trinajstić information content (AvgIpc) is 3.19. The fourth-order valence-electron chi connectivity index (χ4n) is 4.40. The van der Waals surface area contributed by atoms with Crippen LogP contribution in [-0.4, -0.2) is 68.2 Å². The van der Waals surface area contributed by atoms with Gasteiger partial charge in [0.1, 0.15) is 18.5 Å². The lowest BCUT2D eigenvalue weighted by molar-refractivity contribution is -0.131. The Morgan fingerprint density at radius 3 is 2.44 bits per heavy atom. The minimum atomic E-state index is -3.51. The predicted molar refractivity (Wildman–Crippen MR) is 124 cm³/mol. The molecule has 0 saturated carbocycles. The average molecular weight is 490 g/mol. The molecule has 10 heteroatoms. The van der Waals surface area contributed by atoms with Crippen LogP contribution in [0.2, 0.25) is 0 Å². The van der Waals surface area contributed by atoms with E-state index in [4.69, 9.17) is 4.74 Å². The highest BCUT2D eigenvalue weighted by Gasteiger charge is 2.38. The number of sulfone groups is 1. The number of benzene rings is 2. The van der Waals surface area contributed by atoms with Gasteiger partial charge in [0, 0.05) is 31.9 Å².